The first-order valence-electron chi connectivity index (χ1n) is 14.2. The predicted molar refractivity (Wildman–Crippen MR) is 167 cm³/mol. The van der Waals surface area contributed by atoms with Crippen molar-refractivity contribution in [3.63, 3.8) is 0 Å². The summed E-state index contributed by atoms with van der Waals surface area (Å²) in [5.74, 6) is -0.485. The summed E-state index contributed by atoms with van der Waals surface area (Å²) in [5, 5.41) is 0. The number of hydrogen-bond acceptors (Lipinski definition) is 6. The summed E-state index contributed by atoms with van der Waals surface area (Å²) in [5.41, 5.74) is 16.0. The zero-order valence-corrected chi connectivity index (χ0v) is 24.7. The molecule has 0 saturated heterocycles. The van der Waals surface area contributed by atoms with Gasteiger partial charge in [-0.2, -0.15) is 22.0 Å². The third kappa shape index (κ3) is 9.98. The smallest absolute Gasteiger partial charge is 0.426 e. The van der Waals surface area contributed by atoms with Crippen LogP contribution in [0, 0.1) is 6.92 Å². The monoisotopic (exact) mass is 639 g/mol. The highest BCUT2D eigenvalue weighted by Gasteiger charge is 2.34. The number of nitrogen functional groups attached to an aromatic ring is 2. The Kier molecular flexibility index (Phi) is 10.9. The minimum absolute atomic E-state index is 0.0338. The van der Waals surface area contributed by atoms with Crippen molar-refractivity contribution in [2.45, 2.75) is 38.2 Å². The molecule has 11 heteroatoms. The Morgan fingerprint density at radius 1 is 0.783 bits per heavy atom. The van der Waals surface area contributed by atoms with Gasteiger partial charge in [-0.05, 0) is 114 Å². The van der Waals surface area contributed by atoms with E-state index in [2.05, 4.69) is 6.92 Å². The summed E-state index contributed by atoms with van der Waals surface area (Å²) in [6.45, 7) is 4.02. The van der Waals surface area contributed by atoms with E-state index in [1.165, 1.54) is 48.6 Å². The maximum atomic E-state index is 14.8. The van der Waals surface area contributed by atoms with Gasteiger partial charge in [-0.15, -0.1) is 0 Å². The van der Waals surface area contributed by atoms with Gasteiger partial charge in [-0.1, -0.05) is 24.3 Å². The Balaban J connectivity index is 1.29. The van der Waals surface area contributed by atoms with E-state index in [9.17, 15) is 26.7 Å². The molecule has 0 aliphatic rings. The van der Waals surface area contributed by atoms with Crippen LogP contribution in [0.1, 0.15) is 41.5 Å². The molecular weight excluding hydrogens is 607 g/mol. The molecule has 0 atom stereocenters. The van der Waals surface area contributed by atoms with Gasteiger partial charge in [0.1, 0.15) is 18.1 Å². The quantitative estimate of drug-likeness (QED) is 0.0500. The first-order chi connectivity index (χ1) is 21.8. The third-order valence-electron chi connectivity index (χ3n) is 6.77. The second-order valence-electron chi connectivity index (χ2n) is 10.4. The Morgan fingerprint density at radius 3 is 2.07 bits per heavy atom. The van der Waals surface area contributed by atoms with Crippen LogP contribution < -0.4 is 20.9 Å². The molecule has 4 aromatic rings. The summed E-state index contributed by atoms with van der Waals surface area (Å²) in [7, 11) is 0. The van der Waals surface area contributed by atoms with Gasteiger partial charge in [0.05, 0.1) is 12.2 Å². The number of benzene rings is 4. The molecule has 0 aromatic heterocycles. The number of anilines is 2. The number of rotatable bonds is 13. The Labute approximate surface area is 263 Å². The fourth-order valence-electron chi connectivity index (χ4n) is 4.45. The number of ether oxygens (including phenoxy) is 3. The summed E-state index contributed by atoms with van der Waals surface area (Å²) >= 11 is 0. The van der Waals surface area contributed by atoms with Gasteiger partial charge >= 0.3 is 18.3 Å². The van der Waals surface area contributed by atoms with E-state index in [1.54, 1.807) is 24.3 Å². The van der Waals surface area contributed by atoms with Crippen molar-refractivity contribution in [2.75, 3.05) is 18.1 Å². The van der Waals surface area contributed by atoms with Crippen molar-refractivity contribution in [2.24, 2.45) is 0 Å². The zero-order valence-electron chi connectivity index (χ0n) is 24.7. The molecule has 0 aliphatic carbocycles. The predicted octanol–water partition coefficient (Wildman–Crippen LogP) is 8.70. The Morgan fingerprint density at radius 2 is 1.41 bits per heavy atom. The minimum atomic E-state index is -4.22. The lowest BCUT2D eigenvalue weighted by Crippen LogP contribution is -2.21. The van der Waals surface area contributed by atoms with E-state index in [1.807, 2.05) is 12.1 Å². The number of carbonyl (C=O) groups excluding carboxylic acids is 1. The average Bonchev–Trinajstić information content (AvgIpc) is 2.99. The molecule has 46 heavy (non-hydrogen) atoms. The molecular formula is C35H32F5N2O4. The van der Waals surface area contributed by atoms with Crippen molar-refractivity contribution in [3.8, 4) is 22.6 Å². The third-order valence-corrected chi connectivity index (χ3v) is 6.77. The van der Waals surface area contributed by atoms with Crippen LogP contribution in [0.4, 0.5) is 33.3 Å². The molecule has 6 nitrogen and oxygen atoms in total. The summed E-state index contributed by atoms with van der Waals surface area (Å²) in [6.07, 6.45) is -6.01. The molecule has 0 amide bonds. The van der Waals surface area contributed by atoms with Crippen LogP contribution in [0.15, 0.2) is 91.0 Å². The minimum Gasteiger partial charge on any atom is -0.494 e. The summed E-state index contributed by atoms with van der Waals surface area (Å²) < 4.78 is 81.8. The molecule has 0 aliphatic heterocycles. The highest BCUT2D eigenvalue weighted by Crippen LogP contribution is 2.33. The standard InChI is InChI=1S/C35H32F5N2O4/c1-23-20-27(41)9-15-31(23)32-16-10-28(42)21-25(32)22-45-33(43)17-6-24-4-11-30(12-5-24)46-35(39,40)26-7-13-29(14-8-26)44-19-3-2-18-34(36,37)38/h4-17,20-21H,1-3,18-19,22,41-42H2/b17-6+. The van der Waals surface area contributed by atoms with Gasteiger partial charge in [0.2, 0.25) is 0 Å². The van der Waals surface area contributed by atoms with E-state index in [4.69, 9.17) is 25.7 Å². The van der Waals surface area contributed by atoms with Crippen LogP contribution in [0.25, 0.3) is 17.2 Å². The van der Waals surface area contributed by atoms with Crippen molar-refractivity contribution < 1.29 is 41.0 Å². The van der Waals surface area contributed by atoms with Crippen molar-refractivity contribution in [1.29, 1.82) is 0 Å². The molecule has 4 aromatic carbocycles. The Bertz CT molecular complexity index is 1650. The number of nitrogens with two attached hydrogens (primary N) is 2. The molecule has 241 valence electrons. The number of unbranched alkanes of at least 4 members (excludes halogenated alkanes) is 1. The number of carbonyl (C=O) groups is 1. The first-order valence-corrected chi connectivity index (χ1v) is 14.2. The van der Waals surface area contributed by atoms with Gasteiger partial charge in [0, 0.05) is 23.9 Å². The van der Waals surface area contributed by atoms with Gasteiger partial charge in [0.15, 0.2) is 0 Å². The number of halogens is 5. The summed E-state index contributed by atoms with van der Waals surface area (Å²) in [6, 6.07) is 21.1. The van der Waals surface area contributed by atoms with Gasteiger partial charge in [-0.3, -0.25) is 0 Å². The SMILES string of the molecule is [CH2]c1cc(N)ccc1-c1ccc(N)cc1COC(=O)/C=C/c1ccc(OC(F)(F)c2ccc(OCCCCC(F)(F)F)cc2)cc1. The second-order valence-corrected chi connectivity index (χ2v) is 10.4. The van der Waals surface area contributed by atoms with Crippen molar-refractivity contribution in [3.05, 3.63) is 120 Å². The molecule has 0 saturated carbocycles. The van der Waals surface area contributed by atoms with Crippen LogP contribution in [0.5, 0.6) is 11.5 Å². The normalized spacial score (nSPS) is 11.9. The zero-order chi connectivity index (χ0) is 33.3. The van der Waals surface area contributed by atoms with Crippen LogP contribution in [0.3, 0.4) is 0 Å². The molecule has 0 spiro atoms. The topological polar surface area (TPSA) is 96.8 Å². The molecule has 4 rings (SSSR count). The lowest BCUT2D eigenvalue weighted by atomic mass is 9.95. The number of esters is 1. The van der Waals surface area contributed by atoms with Crippen molar-refractivity contribution >= 4 is 23.4 Å². The van der Waals surface area contributed by atoms with Crippen molar-refractivity contribution in [1.82, 2.24) is 0 Å². The second kappa shape index (κ2) is 14.8. The molecule has 1 radical (unpaired) electrons. The van der Waals surface area contributed by atoms with E-state index in [0.717, 1.165) is 23.3 Å². The van der Waals surface area contributed by atoms with E-state index < -0.39 is 30.2 Å². The fraction of sp³-hybridized carbons (Fsp3) is 0.200. The molecule has 0 heterocycles. The Hall–Kier alpha value is -5.06. The van der Waals surface area contributed by atoms with Gasteiger partial charge < -0.3 is 25.7 Å². The van der Waals surface area contributed by atoms with E-state index in [-0.39, 0.29) is 37.6 Å². The lowest BCUT2D eigenvalue weighted by Gasteiger charge is -2.18. The lowest BCUT2D eigenvalue weighted by molar-refractivity contribution is -0.185. The molecule has 4 N–H and O–H groups in total. The van der Waals surface area contributed by atoms with E-state index in [0.29, 0.717) is 28.1 Å². The highest BCUT2D eigenvalue weighted by molar-refractivity contribution is 5.87. The highest BCUT2D eigenvalue weighted by atomic mass is 19.4. The molecule has 0 bridgehead atoms. The maximum Gasteiger partial charge on any atom is 0.426 e. The summed E-state index contributed by atoms with van der Waals surface area (Å²) in [4.78, 5) is 12.5. The largest absolute Gasteiger partial charge is 0.494 e. The maximum absolute atomic E-state index is 14.8. The number of alkyl halides is 5. The fourth-order valence-corrected chi connectivity index (χ4v) is 4.45. The van der Waals surface area contributed by atoms with Crippen LogP contribution in [0.2, 0.25) is 0 Å². The van der Waals surface area contributed by atoms with Gasteiger partial charge in [-0.25, -0.2) is 4.79 Å². The van der Waals surface area contributed by atoms with E-state index >= 15 is 0 Å². The molecule has 0 unspecified atom stereocenters. The van der Waals surface area contributed by atoms with Crippen LogP contribution in [-0.4, -0.2) is 18.8 Å². The average molecular weight is 640 g/mol. The molecule has 0 fully saturated rings. The van der Waals surface area contributed by atoms with Crippen LogP contribution >= 0.6 is 0 Å². The first kappa shape index (κ1) is 33.8. The number of hydrogen-bond donors (Lipinski definition) is 2. The van der Waals surface area contributed by atoms with Crippen LogP contribution in [-0.2, 0) is 22.2 Å². The van der Waals surface area contributed by atoms with Gasteiger partial charge in [0.25, 0.3) is 0 Å².